The van der Waals surface area contributed by atoms with Crippen LogP contribution in [0.2, 0.25) is 5.02 Å². The van der Waals surface area contributed by atoms with Gasteiger partial charge in [-0.05, 0) is 30.3 Å². The van der Waals surface area contributed by atoms with Crippen LogP contribution in [-0.2, 0) is 0 Å². The van der Waals surface area contributed by atoms with E-state index in [-0.39, 0.29) is 5.56 Å². The highest BCUT2D eigenvalue weighted by atomic mass is 79.9. The second-order valence-electron chi connectivity index (χ2n) is 4.26. The number of hydrogen-bond acceptors (Lipinski definition) is 4. The number of hydrogen-bond donors (Lipinski definition) is 3. The van der Waals surface area contributed by atoms with Gasteiger partial charge in [0.05, 0.1) is 29.1 Å². The Hall–Kier alpha value is -1.92. The molecule has 0 radical (unpaired) electrons. The fourth-order valence-corrected chi connectivity index (χ4v) is 2.50. The first-order chi connectivity index (χ1) is 9.92. The molecule has 0 unspecified atom stereocenters. The van der Waals surface area contributed by atoms with Crippen molar-refractivity contribution in [1.82, 2.24) is 0 Å². The van der Waals surface area contributed by atoms with Gasteiger partial charge in [-0.1, -0.05) is 27.5 Å². The van der Waals surface area contributed by atoms with Crippen LogP contribution < -0.4 is 21.5 Å². The van der Waals surface area contributed by atoms with Gasteiger partial charge in [-0.25, -0.2) is 0 Å². The largest absolute Gasteiger partial charge is 0.495 e. The smallest absolute Gasteiger partial charge is 0.250 e. The van der Waals surface area contributed by atoms with E-state index in [1.807, 2.05) is 6.07 Å². The van der Waals surface area contributed by atoms with Crippen molar-refractivity contribution >= 4 is 50.5 Å². The summed E-state index contributed by atoms with van der Waals surface area (Å²) in [5, 5.41) is 3.36. The first-order valence-corrected chi connectivity index (χ1v) is 7.09. The van der Waals surface area contributed by atoms with Crippen LogP contribution in [0.4, 0.5) is 17.1 Å². The molecular formula is C14H13BrClN3O2. The number of anilines is 3. The number of halogens is 2. The third-order valence-electron chi connectivity index (χ3n) is 2.80. The number of rotatable bonds is 4. The molecule has 21 heavy (non-hydrogen) atoms. The summed E-state index contributed by atoms with van der Waals surface area (Å²) in [5.41, 5.74) is 12.7. The lowest BCUT2D eigenvalue weighted by Crippen LogP contribution is -2.14. The van der Waals surface area contributed by atoms with E-state index >= 15 is 0 Å². The Kier molecular flexibility index (Phi) is 4.59. The highest BCUT2D eigenvalue weighted by Crippen LogP contribution is 2.36. The van der Waals surface area contributed by atoms with E-state index < -0.39 is 5.91 Å². The molecule has 2 aromatic carbocycles. The minimum Gasteiger partial charge on any atom is -0.495 e. The summed E-state index contributed by atoms with van der Waals surface area (Å²) in [7, 11) is 1.55. The SMILES string of the molecule is COc1ccc(Br)cc1Nc1c(Cl)cc(N)cc1C(N)=O. The maximum atomic E-state index is 11.6. The average Bonchev–Trinajstić information content (AvgIpc) is 2.41. The molecule has 0 bridgehead atoms. The van der Waals surface area contributed by atoms with Crippen LogP contribution in [0.1, 0.15) is 10.4 Å². The highest BCUT2D eigenvalue weighted by Gasteiger charge is 2.15. The monoisotopic (exact) mass is 369 g/mol. The highest BCUT2D eigenvalue weighted by molar-refractivity contribution is 9.10. The Morgan fingerprint density at radius 1 is 1.33 bits per heavy atom. The van der Waals surface area contributed by atoms with Gasteiger partial charge < -0.3 is 21.5 Å². The Morgan fingerprint density at radius 2 is 2.05 bits per heavy atom. The predicted molar refractivity (Wildman–Crippen MR) is 88.4 cm³/mol. The molecule has 2 rings (SSSR count). The molecule has 5 N–H and O–H groups in total. The number of methoxy groups -OCH3 is 1. The van der Waals surface area contributed by atoms with Gasteiger partial charge in [0.15, 0.2) is 0 Å². The molecule has 0 spiro atoms. The number of ether oxygens (including phenoxy) is 1. The van der Waals surface area contributed by atoms with Crippen molar-refractivity contribution in [2.24, 2.45) is 5.73 Å². The van der Waals surface area contributed by atoms with Crippen molar-refractivity contribution in [2.45, 2.75) is 0 Å². The number of nitrogens with two attached hydrogens (primary N) is 2. The second-order valence-corrected chi connectivity index (χ2v) is 5.58. The van der Waals surface area contributed by atoms with Crippen LogP contribution >= 0.6 is 27.5 Å². The molecular weight excluding hydrogens is 358 g/mol. The van der Waals surface area contributed by atoms with Crippen LogP contribution in [0.25, 0.3) is 0 Å². The van der Waals surface area contributed by atoms with Gasteiger partial charge >= 0.3 is 0 Å². The number of primary amides is 1. The lowest BCUT2D eigenvalue weighted by molar-refractivity contribution is 0.100. The Balaban J connectivity index is 2.54. The Bertz CT molecular complexity index is 707. The van der Waals surface area contributed by atoms with Crippen LogP contribution in [0, 0.1) is 0 Å². The van der Waals surface area contributed by atoms with Gasteiger partial charge in [-0.2, -0.15) is 0 Å². The van der Waals surface area contributed by atoms with E-state index in [1.165, 1.54) is 6.07 Å². The number of amides is 1. The number of nitrogen functional groups attached to an aromatic ring is 1. The molecule has 0 atom stereocenters. The third-order valence-corrected chi connectivity index (χ3v) is 3.59. The third kappa shape index (κ3) is 3.40. The molecule has 0 heterocycles. The maximum Gasteiger partial charge on any atom is 0.250 e. The van der Waals surface area contributed by atoms with Crippen LogP contribution in [0.3, 0.4) is 0 Å². The summed E-state index contributed by atoms with van der Waals surface area (Å²) < 4.78 is 6.11. The van der Waals surface area contributed by atoms with Crippen molar-refractivity contribution in [3.8, 4) is 5.75 Å². The standard InChI is InChI=1S/C14H13BrClN3O2/c1-21-12-3-2-7(15)4-11(12)19-13-9(14(18)20)5-8(17)6-10(13)16/h2-6,19H,17H2,1H3,(H2,18,20). The van der Waals surface area contributed by atoms with E-state index in [0.717, 1.165) is 4.47 Å². The topological polar surface area (TPSA) is 90.4 Å². The average molecular weight is 371 g/mol. The normalized spacial score (nSPS) is 10.2. The van der Waals surface area contributed by atoms with Gasteiger partial charge in [0.2, 0.25) is 0 Å². The van der Waals surface area contributed by atoms with E-state index in [9.17, 15) is 4.79 Å². The molecule has 0 aliphatic carbocycles. The summed E-state index contributed by atoms with van der Waals surface area (Å²) in [6.07, 6.45) is 0. The van der Waals surface area contributed by atoms with Crippen molar-refractivity contribution in [3.63, 3.8) is 0 Å². The first-order valence-electron chi connectivity index (χ1n) is 5.91. The molecule has 0 fully saturated rings. The molecule has 0 aliphatic heterocycles. The molecule has 1 amide bonds. The van der Waals surface area contributed by atoms with Gasteiger partial charge in [0.1, 0.15) is 5.75 Å². The van der Waals surface area contributed by atoms with E-state index in [4.69, 9.17) is 27.8 Å². The number of benzene rings is 2. The molecule has 0 aliphatic rings. The molecule has 0 saturated carbocycles. The predicted octanol–water partition coefficient (Wildman–Crippen LogP) is 3.54. The van der Waals surface area contributed by atoms with Gasteiger partial charge in [0, 0.05) is 10.2 Å². The summed E-state index contributed by atoms with van der Waals surface area (Å²) in [6.45, 7) is 0. The molecule has 7 heteroatoms. The lowest BCUT2D eigenvalue weighted by Gasteiger charge is -2.15. The Labute approximate surface area is 135 Å². The van der Waals surface area contributed by atoms with Crippen molar-refractivity contribution in [1.29, 1.82) is 0 Å². The minimum atomic E-state index is -0.624. The summed E-state index contributed by atoms with van der Waals surface area (Å²) in [6, 6.07) is 8.43. The molecule has 5 nitrogen and oxygen atoms in total. The second kappa shape index (κ2) is 6.24. The van der Waals surface area contributed by atoms with E-state index in [2.05, 4.69) is 21.2 Å². The zero-order valence-electron chi connectivity index (χ0n) is 11.1. The van der Waals surface area contributed by atoms with Crippen molar-refractivity contribution in [3.05, 3.63) is 45.4 Å². The number of carbonyl (C=O) groups excluding carboxylic acids is 1. The fourth-order valence-electron chi connectivity index (χ4n) is 1.86. The number of nitrogens with one attached hydrogen (secondary N) is 1. The van der Waals surface area contributed by atoms with Crippen molar-refractivity contribution < 1.29 is 9.53 Å². The first kappa shape index (κ1) is 15.5. The van der Waals surface area contributed by atoms with Gasteiger partial charge in [-0.3, -0.25) is 4.79 Å². The molecule has 0 saturated heterocycles. The molecule has 2 aromatic rings. The zero-order chi connectivity index (χ0) is 15.6. The van der Waals surface area contributed by atoms with E-state index in [1.54, 1.807) is 25.3 Å². The summed E-state index contributed by atoms with van der Waals surface area (Å²) in [4.78, 5) is 11.6. The maximum absolute atomic E-state index is 11.6. The van der Waals surface area contributed by atoms with Crippen LogP contribution in [-0.4, -0.2) is 13.0 Å². The number of carbonyl (C=O) groups is 1. The van der Waals surface area contributed by atoms with Gasteiger partial charge in [-0.15, -0.1) is 0 Å². The lowest BCUT2D eigenvalue weighted by atomic mass is 10.1. The van der Waals surface area contributed by atoms with Gasteiger partial charge in [0.25, 0.3) is 5.91 Å². The summed E-state index contributed by atoms with van der Waals surface area (Å²) >= 11 is 9.54. The molecule has 110 valence electrons. The van der Waals surface area contributed by atoms with Crippen LogP contribution in [0.15, 0.2) is 34.8 Å². The van der Waals surface area contributed by atoms with Crippen molar-refractivity contribution in [2.75, 3.05) is 18.2 Å². The fraction of sp³-hybridized carbons (Fsp3) is 0.0714. The zero-order valence-corrected chi connectivity index (χ0v) is 13.5. The molecule has 0 aromatic heterocycles. The minimum absolute atomic E-state index is 0.210. The summed E-state index contributed by atoms with van der Waals surface area (Å²) in [5.74, 6) is -0.0258. The quantitative estimate of drug-likeness (QED) is 0.718. The Morgan fingerprint density at radius 3 is 2.67 bits per heavy atom. The van der Waals surface area contributed by atoms with E-state index in [0.29, 0.717) is 27.8 Å². The van der Waals surface area contributed by atoms with Crippen LogP contribution in [0.5, 0.6) is 5.75 Å².